The van der Waals surface area contributed by atoms with Crippen molar-refractivity contribution in [1.29, 1.82) is 0 Å². The van der Waals surface area contributed by atoms with Gasteiger partial charge >= 0.3 is 11.9 Å². The summed E-state index contributed by atoms with van der Waals surface area (Å²) in [6.45, 7) is 4.03. The Bertz CT molecular complexity index is 637. The predicted octanol–water partition coefficient (Wildman–Crippen LogP) is 0.769. The maximum absolute atomic E-state index is 12.1. The summed E-state index contributed by atoms with van der Waals surface area (Å²) < 4.78 is 9.29. The minimum Gasteiger partial charge on any atom is -0.468 e. The van der Waals surface area contributed by atoms with Crippen LogP contribution in [-0.2, 0) is 23.9 Å². The number of anilines is 1. The third kappa shape index (κ3) is 5.37. The fraction of sp³-hybridized carbons (Fsp3) is 0.429. The number of carbonyl (C=O) groups excluding carboxylic acids is 4. The number of carbonyl (C=O) groups is 4. The monoisotopic (exact) mass is 342 g/mol. The lowest BCUT2D eigenvalue weighted by molar-refractivity contribution is -0.141. The molecule has 126 valence electrons. The number of hydrogen-bond donors (Lipinski definition) is 2. The van der Waals surface area contributed by atoms with Gasteiger partial charge in [0.1, 0.15) is 11.5 Å². The first-order valence-electron chi connectivity index (χ1n) is 6.64. The molecule has 0 spiro atoms. The van der Waals surface area contributed by atoms with E-state index in [1.165, 1.54) is 25.4 Å². The Morgan fingerprint density at radius 1 is 1.17 bits per heavy atom. The van der Waals surface area contributed by atoms with E-state index in [0.29, 0.717) is 10.6 Å². The number of amides is 2. The van der Waals surface area contributed by atoms with Gasteiger partial charge in [0.2, 0.25) is 5.91 Å². The third-order valence-corrected chi connectivity index (χ3v) is 3.99. The SMILES string of the molecule is COC(=O)CNC(=O)COC(=O)c1c(NC(C)=O)sc(C)c1C. The minimum absolute atomic E-state index is 0.225. The van der Waals surface area contributed by atoms with Crippen LogP contribution in [0, 0.1) is 13.8 Å². The van der Waals surface area contributed by atoms with Crippen molar-refractivity contribution >= 4 is 40.1 Å². The quantitative estimate of drug-likeness (QED) is 0.739. The van der Waals surface area contributed by atoms with Gasteiger partial charge < -0.3 is 20.1 Å². The summed E-state index contributed by atoms with van der Waals surface area (Å²) in [6.07, 6.45) is 0. The molecule has 2 amide bonds. The molecular weight excluding hydrogens is 324 g/mol. The first kappa shape index (κ1) is 18.6. The Balaban J connectivity index is 2.69. The lowest BCUT2D eigenvalue weighted by Gasteiger charge is -2.07. The van der Waals surface area contributed by atoms with Crippen LogP contribution in [0.25, 0.3) is 0 Å². The summed E-state index contributed by atoms with van der Waals surface area (Å²) in [7, 11) is 1.19. The largest absolute Gasteiger partial charge is 0.468 e. The van der Waals surface area contributed by atoms with E-state index >= 15 is 0 Å². The smallest absolute Gasteiger partial charge is 0.341 e. The minimum atomic E-state index is -0.719. The number of hydrogen-bond acceptors (Lipinski definition) is 7. The van der Waals surface area contributed by atoms with Crippen LogP contribution in [0.3, 0.4) is 0 Å². The number of methoxy groups -OCH3 is 1. The van der Waals surface area contributed by atoms with Gasteiger partial charge in [0.25, 0.3) is 5.91 Å². The van der Waals surface area contributed by atoms with Crippen molar-refractivity contribution in [3.05, 3.63) is 16.0 Å². The van der Waals surface area contributed by atoms with Crippen LogP contribution in [0.4, 0.5) is 5.00 Å². The fourth-order valence-corrected chi connectivity index (χ4v) is 2.71. The van der Waals surface area contributed by atoms with E-state index in [-0.39, 0.29) is 18.0 Å². The third-order valence-electron chi connectivity index (χ3n) is 2.87. The number of ether oxygens (including phenoxy) is 2. The average molecular weight is 342 g/mol. The zero-order chi connectivity index (χ0) is 17.6. The molecule has 23 heavy (non-hydrogen) atoms. The van der Waals surface area contributed by atoms with Crippen LogP contribution in [0.2, 0.25) is 0 Å². The molecule has 0 fully saturated rings. The molecule has 1 heterocycles. The van der Waals surface area contributed by atoms with Gasteiger partial charge in [-0.2, -0.15) is 0 Å². The maximum Gasteiger partial charge on any atom is 0.341 e. The van der Waals surface area contributed by atoms with Crippen LogP contribution in [0.1, 0.15) is 27.7 Å². The Labute approximate surface area is 137 Å². The van der Waals surface area contributed by atoms with E-state index < -0.39 is 24.5 Å². The lowest BCUT2D eigenvalue weighted by atomic mass is 10.1. The molecule has 0 aromatic carbocycles. The molecule has 0 atom stereocenters. The van der Waals surface area contributed by atoms with Gasteiger partial charge in [-0.15, -0.1) is 11.3 Å². The van der Waals surface area contributed by atoms with Crippen LogP contribution >= 0.6 is 11.3 Å². The van der Waals surface area contributed by atoms with Crippen molar-refractivity contribution < 1.29 is 28.7 Å². The van der Waals surface area contributed by atoms with Crippen molar-refractivity contribution in [2.75, 3.05) is 25.6 Å². The molecule has 1 aromatic heterocycles. The van der Waals surface area contributed by atoms with Gasteiger partial charge in [0.05, 0.1) is 12.7 Å². The van der Waals surface area contributed by atoms with E-state index in [2.05, 4.69) is 15.4 Å². The number of rotatable bonds is 6. The highest BCUT2D eigenvalue weighted by atomic mass is 32.1. The molecule has 0 radical (unpaired) electrons. The van der Waals surface area contributed by atoms with Crippen LogP contribution < -0.4 is 10.6 Å². The molecule has 8 nitrogen and oxygen atoms in total. The predicted molar refractivity (Wildman–Crippen MR) is 83.4 cm³/mol. The zero-order valence-corrected chi connectivity index (χ0v) is 14.1. The summed E-state index contributed by atoms with van der Waals surface area (Å²) in [6, 6.07) is 0. The van der Waals surface area contributed by atoms with Crippen LogP contribution in [0.5, 0.6) is 0 Å². The van der Waals surface area contributed by atoms with Gasteiger partial charge in [0.15, 0.2) is 6.61 Å². The van der Waals surface area contributed by atoms with Gasteiger partial charge in [-0.1, -0.05) is 0 Å². The Morgan fingerprint density at radius 3 is 2.39 bits per heavy atom. The van der Waals surface area contributed by atoms with E-state index in [0.717, 1.165) is 4.88 Å². The number of thiophene rings is 1. The lowest BCUT2D eigenvalue weighted by Crippen LogP contribution is -2.33. The molecule has 0 unspecified atom stereocenters. The second-order valence-electron chi connectivity index (χ2n) is 4.60. The molecule has 0 aliphatic heterocycles. The highest BCUT2D eigenvalue weighted by Gasteiger charge is 2.22. The molecular formula is C14H18N2O6S. The van der Waals surface area contributed by atoms with Crippen molar-refractivity contribution in [1.82, 2.24) is 5.32 Å². The summed E-state index contributed by atoms with van der Waals surface area (Å²) >= 11 is 1.25. The molecule has 0 aliphatic carbocycles. The summed E-state index contributed by atoms with van der Waals surface area (Å²) in [5.41, 5.74) is 0.905. The van der Waals surface area contributed by atoms with E-state index in [4.69, 9.17) is 4.74 Å². The molecule has 9 heteroatoms. The van der Waals surface area contributed by atoms with Crippen molar-refractivity contribution in [2.24, 2.45) is 0 Å². The highest BCUT2D eigenvalue weighted by Crippen LogP contribution is 2.32. The molecule has 1 rings (SSSR count). The topological polar surface area (TPSA) is 111 Å². The van der Waals surface area contributed by atoms with Crippen molar-refractivity contribution in [3.8, 4) is 0 Å². The van der Waals surface area contributed by atoms with Gasteiger partial charge in [-0.05, 0) is 19.4 Å². The maximum atomic E-state index is 12.1. The Morgan fingerprint density at radius 2 is 1.83 bits per heavy atom. The van der Waals surface area contributed by atoms with Crippen LogP contribution in [-0.4, -0.2) is 44.0 Å². The van der Waals surface area contributed by atoms with Crippen LogP contribution in [0.15, 0.2) is 0 Å². The number of aryl methyl sites for hydroxylation is 1. The normalized spacial score (nSPS) is 9.91. The summed E-state index contributed by atoms with van der Waals surface area (Å²) in [4.78, 5) is 46.6. The second kappa shape index (κ2) is 8.28. The van der Waals surface area contributed by atoms with Gasteiger partial charge in [0, 0.05) is 11.8 Å². The molecule has 0 saturated carbocycles. The standard InChI is InChI=1S/C14H18N2O6S/c1-7-8(2)23-13(16-9(3)17)12(7)14(20)22-6-10(18)15-5-11(19)21-4/h5-6H2,1-4H3,(H,15,18)(H,16,17). The number of esters is 2. The van der Waals surface area contributed by atoms with E-state index in [1.54, 1.807) is 6.92 Å². The highest BCUT2D eigenvalue weighted by molar-refractivity contribution is 7.16. The van der Waals surface area contributed by atoms with Crippen molar-refractivity contribution in [2.45, 2.75) is 20.8 Å². The van der Waals surface area contributed by atoms with Crippen molar-refractivity contribution in [3.63, 3.8) is 0 Å². The molecule has 0 aliphatic rings. The van der Waals surface area contributed by atoms with Gasteiger partial charge in [-0.25, -0.2) is 4.79 Å². The molecule has 0 saturated heterocycles. The van der Waals surface area contributed by atoms with E-state index in [9.17, 15) is 19.2 Å². The Kier molecular flexibility index (Phi) is 6.70. The molecule has 1 aromatic rings. The first-order chi connectivity index (χ1) is 10.8. The van der Waals surface area contributed by atoms with Gasteiger partial charge in [-0.3, -0.25) is 14.4 Å². The molecule has 2 N–H and O–H groups in total. The Hall–Kier alpha value is -2.42. The molecule has 0 bridgehead atoms. The van der Waals surface area contributed by atoms with E-state index in [1.807, 2.05) is 6.92 Å². The average Bonchev–Trinajstić information content (AvgIpc) is 2.76. The zero-order valence-electron chi connectivity index (χ0n) is 13.3. The second-order valence-corrected chi connectivity index (χ2v) is 5.82. The number of nitrogens with one attached hydrogen (secondary N) is 2. The summed E-state index contributed by atoms with van der Waals surface area (Å²) in [5, 5.41) is 5.20. The summed E-state index contributed by atoms with van der Waals surface area (Å²) in [5.74, 6) is -2.27. The fourth-order valence-electron chi connectivity index (χ4n) is 1.62. The first-order valence-corrected chi connectivity index (χ1v) is 7.46.